The van der Waals surface area contributed by atoms with Gasteiger partial charge in [0.15, 0.2) is 0 Å². The molecule has 0 amide bonds. The van der Waals surface area contributed by atoms with E-state index in [-0.39, 0.29) is 18.9 Å². The summed E-state index contributed by atoms with van der Waals surface area (Å²) in [5.74, 6) is -1.66. The number of alkyl halides is 3. The maximum Gasteiger partial charge on any atom is 0.471 e. The molecule has 1 N–H and O–H groups in total. The predicted octanol–water partition coefficient (Wildman–Crippen LogP) is 1.97. The second kappa shape index (κ2) is 7.47. The highest BCUT2D eigenvalue weighted by Crippen LogP contribution is 2.29. The van der Waals surface area contributed by atoms with Gasteiger partial charge in [0.25, 0.3) is 0 Å². The lowest BCUT2D eigenvalue weighted by atomic mass is 10.1. The maximum absolute atomic E-state index is 12.5. The number of hydrogen-bond acceptors (Lipinski definition) is 6. The van der Waals surface area contributed by atoms with Gasteiger partial charge in [0.1, 0.15) is 0 Å². The van der Waals surface area contributed by atoms with E-state index in [9.17, 15) is 21.6 Å². The van der Waals surface area contributed by atoms with Crippen LogP contribution >= 0.6 is 0 Å². The Labute approximate surface area is 141 Å². The molecule has 8 nitrogen and oxygen atoms in total. The van der Waals surface area contributed by atoms with Crippen molar-refractivity contribution in [2.75, 3.05) is 13.7 Å². The molecule has 12 heteroatoms. The van der Waals surface area contributed by atoms with Crippen molar-refractivity contribution in [1.82, 2.24) is 19.3 Å². The van der Waals surface area contributed by atoms with E-state index in [1.807, 2.05) is 0 Å². The van der Waals surface area contributed by atoms with Crippen LogP contribution in [0.4, 0.5) is 13.2 Å². The van der Waals surface area contributed by atoms with Crippen LogP contribution in [0, 0.1) is 0 Å². The largest absolute Gasteiger partial charge is 0.471 e. The van der Waals surface area contributed by atoms with Crippen LogP contribution in [-0.4, -0.2) is 36.7 Å². The van der Waals surface area contributed by atoms with Crippen LogP contribution in [0.1, 0.15) is 18.4 Å². The Morgan fingerprint density at radius 2 is 1.92 bits per heavy atom. The van der Waals surface area contributed by atoms with Crippen LogP contribution in [0.5, 0.6) is 0 Å². The van der Waals surface area contributed by atoms with Crippen molar-refractivity contribution in [2.45, 2.75) is 19.6 Å². The average molecular weight is 380 g/mol. The average Bonchev–Trinajstić information content (AvgIpc) is 3.03. The molecule has 2 aromatic rings. The smallest absolute Gasteiger partial charge is 0.329 e. The van der Waals surface area contributed by atoms with Gasteiger partial charge in [-0.15, -0.1) is 0 Å². The van der Waals surface area contributed by atoms with Gasteiger partial charge in [-0.25, -0.2) is 4.72 Å². The zero-order valence-electron chi connectivity index (χ0n) is 13.2. The second-order valence-electron chi connectivity index (χ2n) is 4.76. The Kier molecular flexibility index (Phi) is 5.77. The number of halogens is 3. The summed E-state index contributed by atoms with van der Waals surface area (Å²) in [5, 5.41) is 3.28. The van der Waals surface area contributed by atoms with Crippen LogP contribution in [-0.2, 0) is 27.8 Å². The van der Waals surface area contributed by atoms with Crippen molar-refractivity contribution in [3.63, 3.8) is 0 Å². The Morgan fingerprint density at radius 1 is 1.28 bits per heavy atom. The molecule has 2 rings (SSSR count). The molecule has 0 spiro atoms. The number of aromatic nitrogens is 2. The van der Waals surface area contributed by atoms with Crippen LogP contribution in [0.25, 0.3) is 11.4 Å². The normalized spacial score (nSPS) is 12.7. The fourth-order valence-electron chi connectivity index (χ4n) is 1.87. The number of hydrogen-bond donors (Lipinski definition) is 1. The lowest BCUT2D eigenvalue weighted by Gasteiger charge is -2.19. The number of hydroxylamine groups is 1. The molecule has 0 bridgehead atoms. The maximum atomic E-state index is 12.5. The Hall–Kier alpha value is -2.02. The molecule has 0 saturated heterocycles. The minimum Gasteiger partial charge on any atom is -0.329 e. The molecule has 1 aromatic heterocycles. The van der Waals surface area contributed by atoms with Crippen LogP contribution in [0.2, 0.25) is 0 Å². The van der Waals surface area contributed by atoms with Gasteiger partial charge in [0, 0.05) is 12.1 Å². The van der Waals surface area contributed by atoms with E-state index < -0.39 is 22.3 Å². The van der Waals surface area contributed by atoms with Crippen molar-refractivity contribution in [3.8, 4) is 11.4 Å². The molecule has 0 fully saturated rings. The fourth-order valence-corrected chi connectivity index (χ4v) is 2.89. The summed E-state index contributed by atoms with van der Waals surface area (Å²) in [6.45, 7) is 1.73. The Morgan fingerprint density at radius 3 is 2.40 bits per heavy atom. The van der Waals surface area contributed by atoms with Gasteiger partial charge in [-0.1, -0.05) is 40.8 Å². The molecule has 0 unspecified atom stereocenters. The van der Waals surface area contributed by atoms with Crippen LogP contribution in [0.3, 0.4) is 0 Å². The lowest BCUT2D eigenvalue weighted by molar-refractivity contribution is -0.159. The van der Waals surface area contributed by atoms with Crippen molar-refractivity contribution in [1.29, 1.82) is 0 Å². The third-order valence-electron chi connectivity index (χ3n) is 2.99. The van der Waals surface area contributed by atoms with Crippen molar-refractivity contribution in [3.05, 3.63) is 35.7 Å². The van der Waals surface area contributed by atoms with E-state index in [0.29, 0.717) is 11.1 Å². The highest BCUT2D eigenvalue weighted by molar-refractivity contribution is 7.86. The highest BCUT2D eigenvalue weighted by Gasteiger charge is 2.38. The summed E-state index contributed by atoms with van der Waals surface area (Å²) in [7, 11) is -2.59. The van der Waals surface area contributed by atoms with E-state index in [1.165, 1.54) is 31.4 Å². The first-order valence-corrected chi connectivity index (χ1v) is 8.43. The fraction of sp³-hybridized carbons (Fsp3) is 0.385. The number of nitrogens with one attached hydrogen (secondary N) is 1. The first-order chi connectivity index (χ1) is 11.7. The molecule has 1 aromatic carbocycles. The number of benzene rings is 1. The molecule has 25 heavy (non-hydrogen) atoms. The third-order valence-corrected chi connectivity index (χ3v) is 4.46. The first-order valence-electron chi connectivity index (χ1n) is 6.99. The molecule has 0 aliphatic carbocycles. The molecule has 0 radical (unpaired) electrons. The highest BCUT2D eigenvalue weighted by atomic mass is 32.2. The summed E-state index contributed by atoms with van der Waals surface area (Å²) in [5.41, 5.74) is 0.841. The summed E-state index contributed by atoms with van der Waals surface area (Å²) in [4.78, 5) is 8.12. The zero-order chi connectivity index (χ0) is 18.7. The van der Waals surface area contributed by atoms with Gasteiger partial charge in [-0.05, 0) is 5.56 Å². The topological polar surface area (TPSA) is 97.6 Å². The third kappa shape index (κ3) is 4.75. The van der Waals surface area contributed by atoms with Crippen LogP contribution in [0.15, 0.2) is 28.8 Å². The molecule has 0 aliphatic heterocycles. The summed E-state index contributed by atoms with van der Waals surface area (Å²) in [6.07, 6.45) is -4.72. The van der Waals surface area contributed by atoms with E-state index in [1.54, 1.807) is 6.92 Å². The SMILES string of the molecule is CCNS(=O)(=O)N(Cc1ccc(-c2noc(C(F)(F)F)n2)cc1)OC. The molecule has 0 atom stereocenters. The first kappa shape index (κ1) is 19.3. The van der Waals surface area contributed by atoms with Crippen LogP contribution < -0.4 is 4.72 Å². The molecule has 0 saturated carbocycles. The van der Waals surface area contributed by atoms with Crippen molar-refractivity contribution >= 4 is 10.2 Å². The monoisotopic (exact) mass is 380 g/mol. The zero-order valence-corrected chi connectivity index (χ0v) is 14.1. The van der Waals surface area contributed by atoms with E-state index >= 15 is 0 Å². The van der Waals surface area contributed by atoms with Gasteiger partial charge in [0.05, 0.1) is 13.7 Å². The molecule has 1 heterocycles. The van der Waals surface area contributed by atoms with Crippen molar-refractivity contribution < 1.29 is 30.9 Å². The number of rotatable bonds is 7. The van der Waals surface area contributed by atoms with Gasteiger partial charge in [0.2, 0.25) is 5.82 Å². The predicted molar refractivity (Wildman–Crippen MR) is 79.9 cm³/mol. The molecular weight excluding hydrogens is 365 g/mol. The summed E-state index contributed by atoms with van der Waals surface area (Å²) < 4.78 is 68.4. The molecular formula is C13H15F3N4O4S. The van der Waals surface area contributed by atoms with Gasteiger partial charge in [-0.2, -0.15) is 26.6 Å². The molecule has 138 valence electrons. The van der Waals surface area contributed by atoms with E-state index in [0.717, 1.165) is 4.47 Å². The minimum atomic E-state index is -4.72. The van der Waals surface area contributed by atoms with Gasteiger partial charge >= 0.3 is 22.3 Å². The standard InChI is InChI=1S/C13H15F3N4O4S/c1-3-17-25(21,22)20(23-2)8-9-4-6-10(7-5-9)11-18-12(24-19-11)13(14,15)16/h4-7,17H,3,8H2,1-2H3. The van der Waals surface area contributed by atoms with Gasteiger partial charge < -0.3 is 4.52 Å². The van der Waals surface area contributed by atoms with Crippen molar-refractivity contribution in [2.24, 2.45) is 0 Å². The number of nitrogens with zero attached hydrogens (tertiary/aromatic N) is 3. The second-order valence-corrected chi connectivity index (χ2v) is 6.41. The Balaban J connectivity index is 2.15. The summed E-state index contributed by atoms with van der Waals surface area (Å²) >= 11 is 0. The van der Waals surface area contributed by atoms with E-state index in [2.05, 4.69) is 19.4 Å². The van der Waals surface area contributed by atoms with Gasteiger partial charge in [-0.3, -0.25) is 4.84 Å². The quantitative estimate of drug-likeness (QED) is 0.738. The minimum absolute atomic E-state index is 0.0911. The summed E-state index contributed by atoms with van der Waals surface area (Å²) in [6, 6.07) is 5.95. The molecule has 0 aliphatic rings. The van der Waals surface area contributed by atoms with E-state index in [4.69, 9.17) is 4.84 Å². The lowest BCUT2D eigenvalue weighted by Crippen LogP contribution is -2.39. The Bertz CT molecular complexity index is 805.